The normalized spacial score (nSPS) is 10.7. The Morgan fingerprint density at radius 3 is 2.63 bits per heavy atom. The first kappa shape index (κ1) is 19.1. The molecule has 0 bridgehead atoms. The Kier molecular flexibility index (Phi) is 4.64. The van der Waals surface area contributed by atoms with Crippen LogP contribution in [-0.2, 0) is 7.05 Å². The molecule has 8 heteroatoms. The number of carbonyl (C=O) groups is 1. The predicted octanol–water partition coefficient (Wildman–Crippen LogP) is 3.30. The van der Waals surface area contributed by atoms with Gasteiger partial charge in [0.05, 0.1) is 28.4 Å². The standard InChI is InChI=1S/C22H16FN5O2/c1-13-19-20(29)18(21(30)25-16-5-3-4-14(10-16)11-24)12-27(2)22(19)28(26-13)17-8-6-15(23)7-9-17/h3-10,12H,1-2H3,(H,25,30). The van der Waals surface area contributed by atoms with Crippen molar-refractivity contribution < 1.29 is 9.18 Å². The number of carbonyl (C=O) groups excluding carboxylic acids is 1. The molecule has 4 rings (SSSR count). The van der Waals surface area contributed by atoms with E-state index < -0.39 is 11.3 Å². The molecule has 0 saturated carbocycles. The fourth-order valence-electron chi connectivity index (χ4n) is 3.34. The number of aromatic nitrogens is 3. The van der Waals surface area contributed by atoms with E-state index in [1.807, 2.05) is 6.07 Å². The molecule has 4 aromatic rings. The van der Waals surface area contributed by atoms with Crippen molar-refractivity contribution in [2.24, 2.45) is 7.05 Å². The van der Waals surface area contributed by atoms with Crippen LogP contribution in [0.2, 0.25) is 0 Å². The first-order chi connectivity index (χ1) is 14.4. The van der Waals surface area contributed by atoms with E-state index in [9.17, 15) is 14.0 Å². The van der Waals surface area contributed by atoms with Crippen LogP contribution in [0.15, 0.2) is 59.5 Å². The zero-order valence-electron chi connectivity index (χ0n) is 16.2. The average Bonchev–Trinajstić information content (AvgIpc) is 3.09. The van der Waals surface area contributed by atoms with E-state index in [1.54, 1.807) is 53.6 Å². The van der Waals surface area contributed by atoms with E-state index in [0.29, 0.717) is 33.7 Å². The molecule has 0 aliphatic heterocycles. The summed E-state index contributed by atoms with van der Waals surface area (Å²) in [7, 11) is 1.70. The Hall–Kier alpha value is -4.25. The number of fused-ring (bicyclic) bond motifs is 1. The van der Waals surface area contributed by atoms with Gasteiger partial charge in [0.15, 0.2) is 0 Å². The molecular weight excluding hydrogens is 385 g/mol. The Bertz CT molecular complexity index is 1390. The molecule has 2 heterocycles. The van der Waals surface area contributed by atoms with Crippen LogP contribution in [0.5, 0.6) is 0 Å². The molecule has 0 spiro atoms. The molecule has 0 saturated heterocycles. The molecule has 7 nitrogen and oxygen atoms in total. The second-order valence-corrected chi connectivity index (χ2v) is 6.80. The van der Waals surface area contributed by atoms with E-state index in [4.69, 9.17) is 5.26 Å². The lowest BCUT2D eigenvalue weighted by molar-refractivity contribution is 0.102. The van der Waals surface area contributed by atoms with Crippen LogP contribution in [0.1, 0.15) is 21.6 Å². The molecule has 0 aliphatic carbocycles. The number of nitrogens with zero attached hydrogens (tertiary/aromatic N) is 4. The molecule has 2 aromatic heterocycles. The number of nitriles is 1. The van der Waals surface area contributed by atoms with Gasteiger partial charge >= 0.3 is 0 Å². The van der Waals surface area contributed by atoms with Gasteiger partial charge in [-0.1, -0.05) is 6.07 Å². The summed E-state index contributed by atoms with van der Waals surface area (Å²) in [6.07, 6.45) is 1.44. The van der Waals surface area contributed by atoms with Crippen molar-refractivity contribution in [1.29, 1.82) is 5.26 Å². The van der Waals surface area contributed by atoms with Crippen LogP contribution in [0, 0.1) is 24.1 Å². The van der Waals surface area contributed by atoms with Crippen molar-refractivity contribution in [3.05, 3.63) is 87.6 Å². The van der Waals surface area contributed by atoms with Crippen molar-refractivity contribution >= 4 is 22.6 Å². The predicted molar refractivity (Wildman–Crippen MR) is 110 cm³/mol. The second kappa shape index (κ2) is 7.29. The third-order valence-electron chi connectivity index (χ3n) is 4.73. The minimum Gasteiger partial charge on any atom is -0.334 e. The Morgan fingerprint density at radius 2 is 1.93 bits per heavy atom. The quantitative estimate of drug-likeness (QED) is 0.570. The fourth-order valence-corrected chi connectivity index (χ4v) is 3.34. The van der Waals surface area contributed by atoms with E-state index in [0.717, 1.165) is 0 Å². The lowest BCUT2D eigenvalue weighted by Crippen LogP contribution is -2.23. The molecule has 0 aliphatic rings. The van der Waals surface area contributed by atoms with Crippen molar-refractivity contribution in [1.82, 2.24) is 14.3 Å². The van der Waals surface area contributed by atoms with Gasteiger partial charge in [-0.05, 0) is 49.4 Å². The molecular formula is C22H16FN5O2. The van der Waals surface area contributed by atoms with Crippen molar-refractivity contribution in [3.63, 3.8) is 0 Å². The number of halogens is 1. The highest BCUT2D eigenvalue weighted by molar-refractivity contribution is 6.05. The van der Waals surface area contributed by atoms with Gasteiger partial charge in [-0.15, -0.1) is 0 Å². The summed E-state index contributed by atoms with van der Waals surface area (Å²) in [6.45, 7) is 1.68. The van der Waals surface area contributed by atoms with Crippen molar-refractivity contribution in [2.45, 2.75) is 6.92 Å². The molecule has 2 aromatic carbocycles. The second-order valence-electron chi connectivity index (χ2n) is 6.80. The maximum atomic E-state index is 13.3. The highest BCUT2D eigenvalue weighted by Crippen LogP contribution is 2.20. The molecule has 0 atom stereocenters. The van der Waals surface area contributed by atoms with Crippen LogP contribution in [0.4, 0.5) is 10.1 Å². The van der Waals surface area contributed by atoms with E-state index in [1.165, 1.54) is 24.4 Å². The van der Waals surface area contributed by atoms with Gasteiger partial charge in [-0.2, -0.15) is 10.4 Å². The molecule has 0 radical (unpaired) electrons. The highest BCUT2D eigenvalue weighted by Gasteiger charge is 2.21. The Morgan fingerprint density at radius 1 is 1.20 bits per heavy atom. The minimum atomic E-state index is -0.582. The number of pyridine rings is 1. The topological polar surface area (TPSA) is 92.7 Å². The maximum Gasteiger partial charge on any atom is 0.261 e. The number of amides is 1. The number of rotatable bonds is 3. The van der Waals surface area contributed by atoms with Gasteiger partial charge in [0.25, 0.3) is 5.91 Å². The highest BCUT2D eigenvalue weighted by atomic mass is 19.1. The van der Waals surface area contributed by atoms with Crippen LogP contribution in [0.25, 0.3) is 16.7 Å². The fraction of sp³-hybridized carbons (Fsp3) is 0.0909. The number of aryl methyl sites for hydroxylation is 2. The molecule has 0 unspecified atom stereocenters. The van der Waals surface area contributed by atoms with Crippen LogP contribution in [-0.4, -0.2) is 20.3 Å². The summed E-state index contributed by atoms with van der Waals surface area (Å²) in [5.41, 5.74) is 1.85. The number of hydrogen-bond donors (Lipinski definition) is 1. The average molecular weight is 401 g/mol. The lowest BCUT2D eigenvalue weighted by Gasteiger charge is -2.10. The Balaban J connectivity index is 1.81. The zero-order valence-corrected chi connectivity index (χ0v) is 16.2. The van der Waals surface area contributed by atoms with Crippen LogP contribution in [0.3, 0.4) is 0 Å². The number of nitrogens with one attached hydrogen (secondary N) is 1. The largest absolute Gasteiger partial charge is 0.334 e. The van der Waals surface area contributed by atoms with Gasteiger partial charge in [0.1, 0.15) is 17.0 Å². The first-order valence-corrected chi connectivity index (χ1v) is 9.05. The summed E-state index contributed by atoms with van der Waals surface area (Å²) < 4.78 is 16.5. The van der Waals surface area contributed by atoms with E-state index >= 15 is 0 Å². The summed E-state index contributed by atoms with van der Waals surface area (Å²) in [5, 5.41) is 16.4. The third kappa shape index (κ3) is 3.22. The van der Waals surface area contributed by atoms with Crippen LogP contribution >= 0.6 is 0 Å². The van der Waals surface area contributed by atoms with E-state index in [2.05, 4.69) is 10.4 Å². The summed E-state index contributed by atoms with van der Waals surface area (Å²) in [6, 6.07) is 14.2. The zero-order chi connectivity index (χ0) is 21.4. The lowest BCUT2D eigenvalue weighted by atomic mass is 10.1. The molecule has 1 N–H and O–H groups in total. The van der Waals surface area contributed by atoms with Gasteiger partial charge in [-0.25, -0.2) is 9.07 Å². The SMILES string of the molecule is Cc1nn(-c2ccc(F)cc2)c2c1c(=O)c(C(=O)Nc1cccc(C#N)c1)cn2C. The Labute approximate surface area is 170 Å². The number of hydrogen-bond acceptors (Lipinski definition) is 4. The third-order valence-corrected chi connectivity index (χ3v) is 4.73. The van der Waals surface area contributed by atoms with E-state index in [-0.39, 0.29) is 11.4 Å². The van der Waals surface area contributed by atoms with Gasteiger partial charge in [-0.3, -0.25) is 9.59 Å². The summed E-state index contributed by atoms with van der Waals surface area (Å²) >= 11 is 0. The van der Waals surface area contributed by atoms with Crippen molar-refractivity contribution in [2.75, 3.05) is 5.32 Å². The summed E-state index contributed by atoms with van der Waals surface area (Å²) in [4.78, 5) is 25.9. The molecule has 0 fully saturated rings. The first-order valence-electron chi connectivity index (χ1n) is 9.05. The van der Waals surface area contributed by atoms with Gasteiger partial charge in [0.2, 0.25) is 5.43 Å². The van der Waals surface area contributed by atoms with Crippen molar-refractivity contribution in [3.8, 4) is 11.8 Å². The molecule has 30 heavy (non-hydrogen) atoms. The van der Waals surface area contributed by atoms with Gasteiger partial charge < -0.3 is 9.88 Å². The van der Waals surface area contributed by atoms with Gasteiger partial charge in [0, 0.05) is 18.9 Å². The maximum absolute atomic E-state index is 13.3. The molecule has 148 valence electrons. The number of anilines is 1. The minimum absolute atomic E-state index is 0.0471. The number of benzene rings is 2. The smallest absolute Gasteiger partial charge is 0.261 e. The molecule has 1 amide bonds. The summed E-state index contributed by atoms with van der Waals surface area (Å²) in [5.74, 6) is -0.957. The monoisotopic (exact) mass is 401 g/mol. The van der Waals surface area contributed by atoms with Crippen LogP contribution < -0.4 is 10.7 Å².